The lowest BCUT2D eigenvalue weighted by atomic mass is 9.99. The molecule has 1 heterocycles. The second-order valence-electron chi connectivity index (χ2n) is 4.41. The van der Waals surface area contributed by atoms with E-state index in [-0.39, 0.29) is 11.7 Å². The quantitative estimate of drug-likeness (QED) is 0.822. The Hall–Kier alpha value is -2.22. The van der Waals surface area contributed by atoms with Gasteiger partial charge in [0.1, 0.15) is 11.5 Å². The molecular formula is C16H14O2. The molecule has 0 saturated carbocycles. The van der Waals surface area contributed by atoms with Gasteiger partial charge in [-0.15, -0.1) is 0 Å². The smallest absolute Gasteiger partial charge is 0.130 e. The Kier molecular flexibility index (Phi) is 2.77. The van der Waals surface area contributed by atoms with Crippen molar-refractivity contribution in [3.05, 3.63) is 65.7 Å². The fourth-order valence-corrected chi connectivity index (χ4v) is 2.15. The van der Waals surface area contributed by atoms with E-state index in [0.29, 0.717) is 6.61 Å². The van der Waals surface area contributed by atoms with Crippen molar-refractivity contribution in [3.8, 4) is 11.5 Å². The third kappa shape index (κ3) is 2.09. The lowest BCUT2D eigenvalue weighted by Crippen LogP contribution is -2.06. The van der Waals surface area contributed by atoms with Crippen LogP contribution in [0.3, 0.4) is 0 Å². The summed E-state index contributed by atoms with van der Waals surface area (Å²) in [6.07, 6.45) is 4.21. The minimum atomic E-state index is 0.236. The molecule has 0 radical (unpaired) electrons. The molecule has 0 saturated heterocycles. The molecule has 0 amide bonds. The summed E-state index contributed by atoms with van der Waals surface area (Å²) in [5, 5.41) is 9.46. The van der Waals surface area contributed by atoms with E-state index in [9.17, 15) is 5.11 Å². The second-order valence-corrected chi connectivity index (χ2v) is 4.41. The van der Waals surface area contributed by atoms with Gasteiger partial charge >= 0.3 is 0 Å². The largest absolute Gasteiger partial charge is 0.508 e. The molecule has 1 N–H and O–H groups in total. The fraction of sp³-hybridized carbons (Fsp3) is 0.125. The predicted octanol–water partition coefficient (Wildman–Crippen LogP) is 3.58. The molecular weight excluding hydrogens is 224 g/mol. The van der Waals surface area contributed by atoms with Crippen LogP contribution in [0.25, 0.3) is 6.08 Å². The number of phenolic OH excluding ortho intramolecular Hbond substituents is 1. The van der Waals surface area contributed by atoms with E-state index >= 15 is 0 Å². The second kappa shape index (κ2) is 4.57. The van der Waals surface area contributed by atoms with Crippen LogP contribution in [0.15, 0.2) is 54.6 Å². The van der Waals surface area contributed by atoms with E-state index in [4.69, 9.17) is 4.74 Å². The highest BCUT2D eigenvalue weighted by molar-refractivity contribution is 5.61. The van der Waals surface area contributed by atoms with E-state index in [1.165, 1.54) is 5.56 Å². The van der Waals surface area contributed by atoms with E-state index in [1.54, 1.807) is 12.1 Å². The van der Waals surface area contributed by atoms with E-state index in [1.807, 2.05) is 24.3 Å². The molecule has 0 aromatic heterocycles. The molecule has 0 fully saturated rings. The molecule has 1 aliphatic heterocycles. The predicted molar refractivity (Wildman–Crippen MR) is 71.8 cm³/mol. The van der Waals surface area contributed by atoms with Gasteiger partial charge in [-0.3, -0.25) is 0 Å². The van der Waals surface area contributed by atoms with E-state index in [2.05, 4.69) is 24.3 Å². The minimum absolute atomic E-state index is 0.236. The number of phenols is 1. The molecule has 1 aliphatic rings. The zero-order valence-corrected chi connectivity index (χ0v) is 9.91. The average Bonchev–Trinajstić information content (AvgIpc) is 2.62. The van der Waals surface area contributed by atoms with Gasteiger partial charge in [0.15, 0.2) is 0 Å². The first kappa shape index (κ1) is 10.9. The van der Waals surface area contributed by atoms with Crippen molar-refractivity contribution in [2.75, 3.05) is 6.61 Å². The van der Waals surface area contributed by atoms with Crippen molar-refractivity contribution in [3.63, 3.8) is 0 Å². The molecule has 18 heavy (non-hydrogen) atoms. The Bertz CT molecular complexity index is 573. The van der Waals surface area contributed by atoms with Crippen molar-refractivity contribution >= 4 is 6.08 Å². The van der Waals surface area contributed by atoms with Gasteiger partial charge < -0.3 is 9.84 Å². The molecule has 0 aliphatic carbocycles. The molecule has 90 valence electrons. The zero-order chi connectivity index (χ0) is 12.4. The summed E-state index contributed by atoms with van der Waals surface area (Å²) in [7, 11) is 0. The van der Waals surface area contributed by atoms with Crippen LogP contribution in [0.2, 0.25) is 0 Å². The van der Waals surface area contributed by atoms with Crippen LogP contribution < -0.4 is 4.74 Å². The summed E-state index contributed by atoms with van der Waals surface area (Å²) in [6.45, 7) is 0.594. The first-order valence-electron chi connectivity index (χ1n) is 6.02. The Morgan fingerprint density at radius 2 is 1.89 bits per heavy atom. The van der Waals surface area contributed by atoms with Crippen LogP contribution in [0.4, 0.5) is 0 Å². The van der Waals surface area contributed by atoms with Crippen LogP contribution in [-0.4, -0.2) is 11.7 Å². The van der Waals surface area contributed by atoms with Gasteiger partial charge in [0.25, 0.3) is 0 Å². The van der Waals surface area contributed by atoms with Gasteiger partial charge in [-0.25, -0.2) is 0 Å². The van der Waals surface area contributed by atoms with Gasteiger partial charge in [-0.05, 0) is 17.7 Å². The first-order chi connectivity index (χ1) is 8.83. The molecule has 2 heteroatoms. The maximum Gasteiger partial charge on any atom is 0.130 e. The number of ether oxygens (including phenoxy) is 1. The molecule has 2 aromatic carbocycles. The zero-order valence-electron chi connectivity index (χ0n) is 9.91. The fourth-order valence-electron chi connectivity index (χ4n) is 2.15. The topological polar surface area (TPSA) is 29.5 Å². The summed E-state index contributed by atoms with van der Waals surface area (Å²) in [4.78, 5) is 0. The highest BCUT2D eigenvalue weighted by Crippen LogP contribution is 2.31. The van der Waals surface area contributed by atoms with Gasteiger partial charge in [0.2, 0.25) is 0 Å². The monoisotopic (exact) mass is 238 g/mol. The Balaban J connectivity index is 1.90. The maximum absolute atomic E-state index is 9.46. The number of aromatic hydroxyl groups is 1. The van der Waals surface area contributed by atoms with Crippen molar-refractivity contribution in [1.82, 2.24) is 0 Å². The molecule has 2 nitrogen and oxygen atoms in total. The normalized spacial score (nSPS) is 17.7. The first-order valence-corrected chi connectivity index (χ1v) is 6.02. The average molecular weight is 238 g/mol. The maximum atomic E-state index is 9.46. The number of hydrogen-bond donors (Lipinski definition) is 1. The summed E-state index contributed by atoms with van der Waals surface area (Å²) in [5.74, 6) is 1.23. The van der Waals surface area contributed by atoms with Crippen LogP contribution >= 0.6 is 0 Å². The van der Waals surface area contributed by atoms with E-state index in [0.717, 1.165) is 11.3 Å². The highest BCUT2D eigenvalue weighted by atomic mass is 16.5. The minimum Gasteiger partial charge on any atom is -0.508 e. The van der Waals surface area contributed by atoms with Crippen LogP contribution in [-0.2, 0) is 0 Å². The number of rotatable bonds is 1. The van der Waals surface area contributed by atoms with Crippen LogP contribution in [0.1, 0.15) is 17.0 Å². The van der Waals surface area contributed by atoms with Gasteiger partial charge in [0.05, 0.1) is 6.61 Å². The van der Waals surface area contributed by atoms with Crippen LogP contribution in [0, 0.1) is 0 Å². The lowest BCUT2D eigenvalue weighted by Gasteiger charge is -2.12. The molecule has 0 bridgehead atoms. The standard InChI is InChI=1S/C16H14O2/c17-15-9-8-13-6-7-14(11-18-16(13)10-15)12-4-2-1-3-5-12/h1-10,14,17H,11H2. The van der Waals surface area contributed by atoms with E-state index < -0.39 is 0 Å². The Morgan fingerprint density at radius 3 is 2.72 bits per heavy atom. The van der Waals surface area contributed by atoms with Crippen molar-refractivity contribution in [1.29, 1.82) is 0 Å². The number of benzene rings is 2. The molecule has 3 rings (SSSR count). The number of hydrogen-bond acceptors (Lipinski definition) is 2. The summed E-state index contributed by atoms with van der Waals surface area (Å²) in [6, 6.07) is 15.5. The van der Waals surface area contributed by atoms with Crippen LogP contribution in [0.5, 0.6) is 11.5 Å². The number of fused-ring (bicyclic) bond motifs is 1. The molecule has 1 atom stereocenters. The summed E-state index contributed by atoms with van der Waals surface area (Å²) in [5.41, 5.74) is 2.25. The lowest BCUT2D eigenvalue weighted by molar-refractivity contribution is 0.306. The van der Waals surface area contributed by atoms with Crippen molar-refractivity contribution in [2.45, 2.75) is 5.92 Å². The molecule has 1 unspecified atom stereocenters. The van der Waals surface area contributed by atoms with Gasteiger partial charge in [-0.1, -0.05) is 42.5 Å². The van der Waals surface area contributed by atoms with Gasteiger partial charge in [-0.2, -0.15) is 0 Å². The van der Waals surface area contributed by atoms with Crippen molar-refractivity contribution < 1.29 is 9.84 Å². The van der Waals surface area contributed by atoms with Crippen molar-refractivity contribution in [2.24, 2.45) is 0 Å². The molecule has 2 aromatic rings. The highest BCUT2D eigenvalue weighted by Gasteiger charge is 2.14. The molecule has 0 spiro atoms. The summed E-state index contributed by atoms with van der Waals surface area (Å²) < 4.78 is 5.77. The Labute approximate surface area is 106 Å². The summed E-state index contributed by atoms with van der Waals surface area (Å²) >= 11 is 0. The SMILES string of the molecule is Oc1ccc2c(c1)OCC(c1ccccc1)C=C2. The third-order valence-electron chi connectivity index (χ3n) is 3.15. The third-order valence-corrected chi connectivity index (χ3v) is 3.15. The Morgan fingerprint density at radius 1 is 1.06 bits per heavy atom. The van der Waals surface area contributed by atoms with Gasteiger partial charge in [0, 0.05) is 17.5 Å².